The Hall–Kier alpha value is -1.91. The molecule has 2 aromatic rings. The summed E-state index contributed by atoms with van der Waals surface area (Å²) in [4.78, 5) is 11.9. The highest BCUT2D eigenvalue weighted by molar-refractivity contribution is 9.10. The Kier molecular flexibility index (Phi) is 5.08. The van der Waals surface area contributed by atoms with Crippen molar-refractivity contribution in [3.63, 3.8) is 0 Å². The number of anilines is 2. The zero-order valence-corrected chi connectivity index (χ0v) is 17.8. The maximum Gasteiger partial charge on any atom is 0.262 e. The summed E-state index contributed by atoms with van der Waals surface area (Å²) in [6, 6.07) is 9.20. The molecule has 144 valence electrons. The van der Waals surface area contributed by atoms with Crippen molar-refractivity contribution in [2.24, 2.45) is 0 Å². The summed E-state index contributed by atoms with van der Waals surface area (Å²) < 4.78 is 53.7. The van der Waals surface area contributed by atoms with E-state index in [1.807, 2.05) is 0 Å². The quantitative estimate of drug-likeness (QED) is 0.736. The second-order valence-corrected chi connectivity index (χ2v) is 10.7. The highest BCUT2D eigenvalue weighted by atomic mass is 79.9. The monoisotopic (exact) mass is 472 g/mol. The molecule has 0 saturated carbocycles. The van der Waals surface area contributed by atoms with Gasteiger partial charge in [0.15, 0.2) is 0 Å². The highest BCUT2D eigenvalue weighted by Gasteiger charge is 2.36. The SMILES string of the molecule is Cc1cc(Br)ccc1NS(=O)(=O)c1ccc(N2C(=O)CCS2(=O)=O)cc1C. The van der Waals surface area contributed by atoms with Crippen LogP contribution in [0.3, 0.4) is 0 Å². The van der Waals surface area contributed by atoms with Gasteiger partial charge in [0, 0.05) is 10.9 Å². The first-order valence-electron chi connectivity index (χ1n) is 7.97. The van der Waals surface area contributed by atoms with Crippen LogP contribution in [0.5, 0.6) is 0 Å². The van der Waals surface area contributed by atoms with Crippen LogP contribution in [-0.2, 0) is 24.8 Å². The van der Waals surface area contributed by atoms with Crippen LogP contribution in [0.4, 0.5) is 11.4 Å². The minimum atomic E-state index is -3.88. The van der Waals surface area contributed by atoms with Crippen molar-refractivity contribution < 1.29 is 21.6 Å². The van der Waals surface area contributed by atoms with Gasteiger partial charge < -0.3 is 0 Å². The number of aryl methyl sites for hydroxylation is 2. The first-order valence-corrected chi connectivity index (χ1v) is 11.9. The molecule has 1 aliphatic heterocycles. The number of amides is 1. The van der Waals surface area contributed by atoms with E-state index in [1.54, 1.807) is 32.0 Å². The fraction of sp³-hybridized carbons (Fsp3) is 0.235. The summed E-state index contributed by atoms with van der Waals surface area (Å²) in [5.74, 6) is -0.761. The van der Waals surface area contributed by atoms with Gasteiger partial charge in [-0.05, 0) is 61.4 Å². The maximum absolute atomic E-state index is 12.8. The third-order valence-electron chi connectivity index (χ3n) is 4.19. The molecule has 10 heteroatoms. The zero-order chi connectivity index (χ0) is 20.0. The van der Waals surface area contributed by atoms with Gasteiger partial charge >= 0.3 is 0 Å². The molecule has 0 bridgehead atoms. The molecule has 1 N–H and O–H groups in total. The van der Waals surface area contributed by atoms with Gasteiger partial charge in [-0.15, -0.1) is 0 Å². The van der Waals surface area contributed by atoms with Crippen molar-refractivity contribution in [1.82, 2.24) is 0 Å². The second kappa shape index (κ2) is 6.92. The van der Waals surface area contributed by atoms with E-state index in [-0.39, 0.29) is 22.8 Å². The van der Waals surface area contributed by atoms with E-state index in [0.717, 1.165) is 14.3 Å². The van der Waals surface area contributed by atoms with Crippen molar-refractivity contribution in [3.05, 3.63) is 52.0 Å². The predicted molar refractivity (Wildman–Crippen MR) is 107 cm³/mol. The summed E-state index contributed by atoms with van der Waals surface area (Å²) in [6.45, 7) is 3.34. The van der Waals surface area contributed by atoms with Gasteiger partial charge in [-0.1, -0.05) is 15.9 Å². The largest absolute Gasteiger partial charge is 0.279 e. The standard InChI is InChI=1S/C17H17BrN2O5S2/c1-11-9-13(18)3-5-15(11)19-27(24,25)16-6-4-14(10-12(16)2)20-17(21)7-8-26(20,22)23/h3-6,9-10,19H,7-8H2,1-2H3. The zero-order valence-electron chi connectivity index (χ0n) is 14.6. The first-order chi connectivity index (χ1) is 12.5. The van der Waals surface area contributed by atoms with Gasteiger partial charge in [-0.3, -0.25) is 9.52 Å². The average molecular weight is 473 g/mol. The lowest BCUT2D eigenvalue weighted by Crippen LogP contribution is -2.29. The number of rotatable bonds is 4. The number of benzene rings is 2. The molecular formula is C17H17BrN2O5S2. The van der Waals surface area contributed by atoms with Crippen LogP contribution >= 0.6 is 15.9 Å². The molecule has 1 aliphatic rings. The number of sulfonamides is 2. The van der Waals surface area contributed by atoms with Crippen LogP contribution in [-0.4, -0.2) is 28.5 Å². The topological polar surface area (TPSA) is 101 Å². The van der Waals surface area contributed by atoms with Crippen LogP contribution in [0.1, 0.15) is 17.5 Å². The fourth-order valence-corrected chi connectivity index (χ4v) is 6.16. The van der Waals surface area contributed by atoms with Gasteiger partial charge in [-0.2, -0.15) is 0 Å². The normalized spacial score (nSPS) is 16.6. The van der Waals surface area contributed by atoms with Gasteiger partial charge in [0.2, 0.25) is 15.9 Å². The Morgan fingerprint density at radius 3 is 2.33 bits per heavy atom. The van der Waals surface area contributed by atoms with Crippen molar-refractivity contribution in [1.29, 1.82) is 0 Å². The van der Waals surface area contributed by atoms with E-state index in [2.05, 4.69) is 20.7 Å². The minimum Gasteiger partial charge on any atom is -0.279 e. The van der Waals surface area contributed by atoms with E-state index >= 15 is 0 Å². The Labute approximate surface area is 166 Å². The molecule has 0 spiro atoms. The Morgan fingerprint density at radius 2 is 1.78 bits per heavy atom. The van der Waals surface area contributed by atoms with Crippen LogP contribution in [0, 0.1) is 13.8 Å². The molecule has 1 saturated heterocycles. The third-order valence-corrected chi connectivity index (χ3v) is 7.90. The predicted octanol–water partition coefficient (Wildman–Crippen LogP) is 2.93. The van der Waals surface area contributed by atoms with Crippen molar-refractivity contribution in [2.45, 2.75) is 25.2 Å². The number of carbonyl (C=O) groups excluding carboxylic acids is 1. The van der Waals surface area contributed by atoms with Gasteiger partial charge in [-0.25, -0.2) is 21.1 Å². The minimum absolute atomic E-state index is 0.0117. The van der Waals surface area contributed by atoms with Crippen molar-refractivity contribution >= 4 is 53.3 Å². The molecule has 0 unspecified atom stereocenters. The maximum atomic E-state index is 12.8. The molecule has 27 heavy (non-hydrogen) atoms. The number of nitrogens with zero attached hydrogens (tertiary/aromatic N) is 1. The van der Waals surface area contributed by atoms with Crippen LogP contribution < -0.4 is 9.03 Å². The van der Waals surface area contributed by atoms with Gasteiger partial charge in [0.05, 0.1) is 22.0 Å². The molecule has 3 rings (SSSR count). The lowest BCUT2D eigenvalue weighted by atomic mass is 10.2. The summed E-state index contributed by atoms with van der Waals surface area (Å²) in [6.07, 6.45) is -0.0775. The van der Waals surface area contributed by atoms with Crippen molar-refractivity contribution in [2.75, 3.05) is 14.8 Å². The number of hydrogen-bond donors (Lipinski definition) is 1. The molecule has 7 nitrogen and oxygen atoms in total. The molecule has 1 heterocycles. The number of nitrogens with one attached hydrogen (secondary N) is 1. The molecule has 0 aliphatic carbocycles. The van der Waals surface area contributed by atoms with Gasteiger partial charge in [0.25, 0.3) is 10.0 Å². The van der Waals surface area contributed by atoms with Crippen LogP contribution in [0.2, 0.25) is 0 Å². The first kappa shape index (κ1) is 19.8. The van der Waals surface area contributed by atoms with E-state index in [1.165, 1.54) is 18.2 Å². The summed E-state index contributed by atoms with van der Waals surface area (Å²) in [5, 5.41) is 0. The molecule has 0 aromatic heterocycles. The molecule has 2 aromatic carbocycles. The van der Waals surface area contributed by atoms with E-state index in [9.17, 15) is 21.6 Å². The van der Waals surface area contributed by atoms with E-state index in [4.69, 9.17) is 0 Å². The van der Waals surface area contributed by atoms with Crippen LogP contribution in [0.25, 0.3) is 0 Å². The third kappa shape index (κ3) is 3.87. The van der Waals surface area contributed by atoms with Crippen molar-refractivity contribution in [3.8, 4) is 0 Å². The number of hydrogen-bond acceptors (Lipinski definition) is 5. The average Bonchev–Trinajstić information content (AvgIpc) is 2.83. The molecule has 1 amide bonds. The Balaban J connectivity index is 1.96. The Morgan fingerprint density at radius 1 is 1.07 bits per heavy atom. The summed E-state index contributed by atoms with van der Waals surface area (Å²) >= 11 is 3.33. The number of carbonyl (C=O) groups is 1. The highest BCUT2D eigenvalue weighted by Crippen LogP contribution is 2.30. The second-order valence-electron chi connectivity index (χ2n) is 6.24. The summed E-state index contributed by atoms with van der Waals surface area (Å²) in [7, 11) is -7.58. The van der Waals surface area contributed by atoms with Gasteiger partial charge in [0.1, 0.15) is 0 Å². The number of halogens is 1. The van der Waals surface area contributed by atoms with Crippen LogP contribution in [0.15, 0.2) is 45.8 Å². The van der Waals surface area contributed by atoms with E-state index in [0.29, 0.717) is 11.3 Å². The van der Waals surface area contributed by atoms with E-state index < -0.39 is 26.0 Å². The smallest absolute Gasteiger partial charge is 0.262 e. The fourth-order valence-electron chi connectivity index (χ4n) is 2.87. The molecular weight excluding hydrogens is 456 g/mol. The Bertz CT molecular complexity index is 1140. The lowest BCUT2D eigenvalue weighted by Gasteiger charge is -2.17. The molecule has 0 radical (unpaired) electrons. The lowest BCUT2D eigenvalue weighted by molar-refractivity contribution is -0.116. The molecule has 1 fully saturated rings. The summed E-state index contributed by atoms with van der Waals surface area (Å²) in [5.41, 5.74) is 1.67. The molecule has 0 atom stereocenters.